The van der Waals surface area contributed by atoms with E-state index in [0.29, 0.717) is 0 Å². The van der Waals surface area contributed by atoms with E-state index in [1.807, 2.05) is 0 Å². The van der Waals surface area contributed by atoms with Crippen LogP contribution in [-0.2, 0) is 13.1 Å². The first kappa shape index (κ1) is 21.0. The highest BCUT2D eigenvalue weighted by atomic mass is 32.1. The van der Waals surface area contributed by atoms with Crippen molar-refractivity contribution >= 4 is 34.1 Å². The van der Waals surface area contributed by atoms with Crippen molar-refractivity contribution in [2.45, 2.75) is 38.8 Å². The molecular weight excluding hydrogens is 392 g/mol. The molecule has 2 aliphatic heterocycles. The molecule has 0 spiro atoms. The van der Waals surface area contributed by atoms with E-state index in [1.54, 1.807) is 22.7 Å². The Morgan fingerprint density at radius 1 is 0.714 bits per heavy atom. The van der Waals surface area contributed by atoms with E-state index in [1.165, 1.54) is 9.75 Å². The first-order valence-electron chi connectivity index (χ1n) is 9.66. The molecule has 2 aromatic rings. The van der Waals surface area contributed by atoms with Crippen LogP contribution in [0.5, 0.6) is 0 Å². The minimum absolute atomic E-state index is 0.905. The molecule has 28 heavy (non-hydrogen) atoms. The van der Waals surface area contributed by atoms with Crippen molar-refractivity contribution in [1.29, 1.82) is 0 Å². The first-order valence-corrected chi connectivity index (χ1v) is 11.4. The topological polar surface area (TPSA) is 71.7 Å². The summed E-state index contributed by atoms with van der Waals surface area (Å²) in [6.07, 6.45) is 3.62. The molecule has 0 saturated carbocycles. The van der Waals surface area contributed by atoms with Gasteiger partial charge < -0.3 is 10.4 Å². The quantitative estimate of drug-likeness (QED) is 0.570. The van der Waals surface area contributed by atoms with Crippen LogP contribution in [0.15, 0.2) is 45.3 Å². The maximum atomic E-state index is 8.61. The Labute approximate surface area is 174 Å². The molecule has 152 valence electrons. The molecule has 0 aromatic carbocycles. The normalized spacial score (nSPS) is 18.4. The Balaban J connectivity index is 0.000000161. The summed E-state index contributed by atoms with van der Waals surface area (Å²) < 4.78 is 0. The summed E-state index contributed by atoms with van der Waals surface area (Å²) in [5.41, 5.74) is 1.87. The van der Waals surface area contributed by atoms with Gasteiger partial charge in [0.1, 0.15) is 0 Å². The molecule has 0 radical (unpaired) electrons. The molecule has 2 aliphatic rings. The van der Waals surface area contributed by atoms with Gasteiger partial charge in [-0.25, -0.2) is 0 Å². The summed E-state index contributed by atoms with van der Waals surface area (Å²) in [6.45, 7) is 6.12. The largest absolute Gasteiger partial charge is 0.411 e. The third kappa shape index (κ3) is 6.70. The van der Waals surface area contributed by atoms with Gasteiger partial charge in [-0.05, 0) is 22.9 Å². The molecule has 8 heteroatoms. The van der Waals surface area contributed by atoms with Crippen molar-refractivity contribution in [1.82, 2.24) is 9.80 Å². The van der Waals surface area contributed by atoms with E-state index < -0.39 is 0 Å². The average molecular weight is 421 g/mol. The van der Waals surface area contributed by atoms with Crippen molar-refractivity contribution in [3.8, 4) is 0 Å². The summed E-state index contributed by atoms with van der Waals surface area (Å²) in [4.78, 5) is 7.63. The van der Waals surface area contributed by atoms with E-state index in [2.05, 4.69) is 55.1 Å². The number of rotatable bonds is 4. The molecule has 0 unspecified atom stereocenters. The number of nitrogens with zero attached hydrogens (tertiary/aromatic N) is 4. The highest BCUT2D eigenvalue weighted by molar-refractivity contribution is 7.10. The van der Waals surface area contributed by atoms with Gasteiger partial charge in [0, 0.05) is 74.7 Å². The van der Waals surface area contributed by atoms with Gasteiger partial charge in [0.15, 0.2) is 0 Å². The highest BCUT2D eigenvalue weighted by Crippen LogP contribution is 2.16. The second-order valence-corrected chi connectivity index (χ2v) is 9.11. The lowest BCUT2D eigenvalue weighted by Crippen LogP contribution is -2.33. The van der Waals surface area contributed by atoms with Gasteiger partial charge in [-0.1, -0.05) is 22.4 Å². The zero-order chi connectivity index (χ0) is 19.6. The molecular formula is C20H28N4O2S2. The smallest absolute Gasteiger partial charge is 0.0596 e. The zero-order valence-corrected chi connectivity index (χ0v) is 17.7. The van der Waals surface area contributed by atoms with Crippen LogP contribution < -0.4 is 0 Å². The summed E-state index contributed by atoms with van der Waals surface area (Å²) in [5, 5.41) is 28.0. The van der Waals surface area contributed by atoms with E-state index in [9.17, 15) is 0 Å². The fourth-order valence-corrected chi connectivity index (χ4v) is 4.88. The van der Waals surface area contributed by atoms with Gasteiger partial charge >= 0.3 is 0 Å². The molecule has 4 heterocycles. The lowest BCUT2D eigenvalue weighted by molar-refractivity contribution is 0.258. The van der Waals surface area contributed by atoms with Gasteiger partial charge in [0.2, 0.25) is 0 Å². The van der Waals surface area contributed by atoms with Crippen molar-refractivity contribution in [2.75, 3.05) is 26.2 Å². The maximum absolute atomic E-state index is 8.61. The minimum atomic E-state index is 0.905. The lowest BCUT2D eigenvalue weighted by Gasteiger charge is -2.26. The summed E-state index contributed by atoms with van der Waals surface area (Å²) in [6, 6.07) is 8.51. The number of hydrogen-bond donors (Lipinski definition) is 2. The fourth-order valence-electron chi connectivity index (χ4n) is 3.38. The molecule has 4 rings (SSSR count). The number of thiophene rings is 2. The van der Waals surface area contributed by atoms with Crippen LogP contribution in [-0.4, -0.2) is 57.8 Å². The minimum Gasteiger partial charge on any atom is -0.411 e. The molecule has 2 fully saturated rings. The Kier molecular flexibility index (Phi) is 8.47. The highest BCUT2D eigenvalue weighted by Gasteiger charge is 2.16. The molecule has 2 aromatic heterocycles. The summed E-state index contributed by atoms with van der Waals surface area (Å²) in [7, 11) is 0. The van der Waals surface area contributed by atoms with Crippen LogP contribution in [0, 0.1) is 0 Å². The molecule has 6 nitrogen and oxygen atoms in total. The molecule has 0 atom stereocenters. The Morgan fingerprint density at radius 3 is 1.39 bits per heavy atom. The van der Waals surface area contributed by atoms with E-state index >= 15 is 0 Å². The fraction of sp³-hybridized carbons (Fsp3) is 0.500. The van der Waals surface area contributed by atoms with Crippen LogP contribution in [0.2, 0.25) is 0 Å². The van der Waals surface area contributed by atoms with Gasteiger partial charge in [-0.2, -0.15) is 0 Å². The van der Waals surface area contributed by atoms with E-state index in [4.69, 9.17) is 10.4 Å². The van der Waals surface area contributed by atoms with Crippen molar-refractivity contribution in [2.24, 2.45) is 10.3 Å². The van der Waals surface area contributed by atoms with Gasteiger partial charge in [-0.15, -0.1) is 22.7 Å². The molecule has 2 N–H and O–H groups in total. The zero-order valence-electron chi connectivity index (χ0n) is 16.0. The predicted molar refractivity (Wildman–Crippen MR) is 116 cm³/mol. The molecule has 0 bridgehead atoms. The maximum Gasteiger partial charge on any atom is 0.0596 e. The van der Waals surface area contributed by atoms with Crippen LogP contribution in [0.1, 0.15) is 35.4 Å². The van der Waals surface area contributed by atoms with Crippen LogP contribution in [0.25, 0.3) is 0 Å². The molecule has 2 saturated heterocycles. The number of oxime groups is 2. The average Bonchev–Trinajstić information content (AvgIpc) is 3.44. The second-order valence-electron chi connectivity index (χ2n) is 7.04. The summed E-state index contributed by atoms with van der Waals surface area (Å²) >= 11 is 3.60. The van der Waals surface area contributed by atoms with E-state index in [0.717, 1.165) is 76.4 Å². The molecule has 0 aliphatic carbocycles. The predicted octanol–water partition coefficient (Wildman–Crippen LogP) is 4.35. The Morgan fingerprint density at radius 2 is 1.11 bits per heavy atom. The Hall–Kier alpha value is -1.74. The van der Waals surface area contributed by atoms with Crippen LogP contribution in [0.4, 0.5) is 0 Å². The van der Waals surface area contributed by atoms with Crippen LogP contribution >= 0.6 is 22.7 Å². The summed E-state index contributed by atoms with van der Waals surface area (Å²) in [5.74, 6) is 0. The number of hydrogen-bond acceptors (Lipinski definition) is 8. The van der Waals surface area contributed by atoms with Crippen LogP contribution in [0.3, 0.4) is 0 Å². The molecule has 0 amide bonds. The third-order valence-electron chi connectivity index (χ3n) is 5.07. The number of piperidine rings is 2. The standard InChI is InChI=1S/2C10H14N2OS/c2*13-11-9-3-5-12(6-4-9)8-10-2-1-7-14-10/h2*1-2,7,13H,3-6,8H2. The van der Waals surface area contributed by atoms with E-state index in [-0.39, 0.29) is 0 Å². The monoisotopic (exact) mass is 420 g/mol. The third-order valence-corrected chi connectivity index (χ3v) is 6.79. The van der Waals surface area contributed by atoms with Gasteiger partial charge in [0.05, 0.1) is 11.4 Å². The second kappa shape index (κ2) is 11.3. The van der Waals surface area contributed by atoms with Gasteiger partial charge in [0.25, 0.3) is 0 Å². The van der Waals surface area contributed by atoms with Gasteiger partial charge in [-0.3, -0.25) is 9.80 Å². The first-order chi connectivity index (χ1) is 13.8. The lowest BCUT2D eigenvalue weighted by atomic mass is 10.1. The number of likely N-dealkylation sites (tertiary alicyclic amines) is 2. The van der Waals surface area contributed by atoms with Crippen molar-refractivity contribution < 1.29 is 10.4 Å². The van der Waals surface area contributed by atoms with Crippen molar-refractivity contribution in [3.63, 3.8) is 0 Å². The SMILES string of the molecule is ON=C1CCN(Cc2cccs2)CC1.ON=C1CCN(Cc2cccs2)CC1. The Bertz CT molecular complexity index is 660. The van der Waals surface area contributed by atoms with Crippen molar-refractivity contribution in [3.05, 3.63) is 44.8 Å².